The molecule has 0 bridgehead atoms. The molecule has 3 aromatic heterocycles. The second kappa shape index (κ2) is 5.45. The zero-order valence-electron chi connectivity index (χ0n) is 11.1. The Morgan fingerprint density at radius 1 is 1.52 bits per heavy atom. The van der Waals surface area contributed by atoms with Crippen molar-refractivity contribution in [2.45, 2.75) is 18.5 Å². The maximum atomic E-state index is 12.8. The third-order valence-corrected chi connectivity index (χ3v) is 6.11. The van der Waals surface area contributed by atoms with E-state index in [1.165, 1.54) is 26.3 Å². The summed E-state index contributed by atoms with van der Waals surface area (Å²) in [6.07, 6.45) is 3.16. The van der Waals surface area contributed by atoms with Crippen molar-refractivity contribution >= 4 is 37.9 Å². The van der Waals surface area contributed by atoms with Gasteiger partial charge in [-0.2, -0.15) is 4.31 Å². The topological polar surface area (TPSA) is 67.8 Å². The molecule has 0 aliphatic heterocycles. The van der Waals surface area contributed by atoms with Crippen LogP contribution in [0, 0.1) is 0 Å². The summed E-state index contributed by atoms with van der Waals surface area (Å²) in [4.78, 5) is 4.62. The van der Waals surface area contributed by atoms with Gasteiger partial charge < -0.3 is 4.42 Å². The van der Waals surface area contributed by atoms with Crippen molar-refractivity contribution < 1.29 is 12.8 Å². The van der Waals surface area contributed by atoms with Crippen LogP contribution in [0.4, 0.5) is 0 Å². The van der Waals surface area contributed by atoms with Crippen LogP contribution in [0.15, 0.2) is 39.4 Å². The molecule has 0 atom stereocenters. The number of thiazole rings is 1. The Morgan fingerprint density at radius 3 is 3.00 bits per heavy atom. The van der Waals surface area contributed by atoms with Crippen molar-refractivity contribution in [1.29, 1.82) is 0 Å². The Balaban J connectivity index is 2.05. The average molecular weight is 346 g/mol. The van der Waals surface area contributed by atoms with Crippen molar-refractivity contribution in [2.75, 3.05) is 6.54 Å². The highest BCUT2D eigenvalue weighted by molar-refractivity contribution is 7.89. The molecule has 112 valence electrons. The summed E-state index contributed by atoms with van der Waals surface area (Å²) in [7, 11) is -3.76. The Morgan fingerprint density at radius 2 is 2.33 bits per heavy atom. The molecule has 0 saturated heterocycles. The van der Waals surface area contributed by atoms with E-state index in [-0.39, 0.29) is 16.7 Å². The van der Waals surface area contributed by atoms with Gasteiger partial charge in [-0.3, -0.25) is 4.40 Å². The number of halogens is 1. The van der Waals surface area contributed by atoms with Gasteiger partial charge in [0.05, 0.1) is 12.8 Å². The van der Waals surface area contributed by atoms with Crippen LogP contribution in [0.3, 0.4) is 0 Å². The second-order valence-corrected chi connectivity index (χ2v) is 7.36. The number of furan rings is 1. The molecule has 0 fully saturated rings. The molecule has 9 heteroatoms. The number of hydrogen-bond acceptors (Lipinski definition) is 5. The van der Waals surface area contributed by atoms with Gasteiger partial charge in [0.2, 0.25) is 0 Å². The number of hydrogen-bond donors (Lipinski definition) is 0. The number of fused-ring (bicyclic) bond motifs is 1. The Kier molecular flexibility index (Phi) is 3.78. The molecule has 0 aliphatic rings. The molecule has 3 rings (SSSR count). The molecule has 0 unspecified atom stereocenters. The van der Waals surface area contributed by atoms with E-state index in [4.69, 9.17) is 16.0 Å². The summed E-state index contributed by atoms with van der Waals surface area (Å²) < 4.78 is 33.7. The molecule has 0 radical (unpaired) electrons. The Bertz CT molecular complexity index is 852. The van der Waals surface area contributed by atoms with Gasteiger partial charge in [0, 0.05) is 18.1 Å². The number of nitrogens with zero attached hydrogens (tertiary/aromatic N) is 3. The molecule has 0 N–H and O–H groups in total. The van der Waals surface area contributed by atoms with Crippen molar-refractivity contribution in [1.82, 2.24) is 13.7 Å². The zero-order chi connectivity index (χ0) is 15.0. The molecule has 0 saturated carbocycles. The van der Waals surface area contributed by atoms with Crippen molar-refractivity contribution in [3.8, 4) is 0 Å². The Labute approximate surface area is 130 Å². The normalized spacial score (nSPS) is 12.5. The van der Waals surface area contributed by atoms with Crippen molar-refractivity contribution in [3.05, 3.63) is 40.9 Å². The summed E-state index contributed by atoms with van der Waals surface area (Å²) in [5.41, 5.74) is 0. The third-order valence-electron chi connectivity index (χ3n) is 3.03. The first kappa shape index (κ1) is 14.6. The van der Waals surface area contributed by atoms with E-state index in [0.29, 0.717) is 17.3 Å². The minimum atomic E-state index is -3.76. The smallest absolute Gasteiger partial charge is 0.262 e. The highest BCUT2D eigenvalue weighted by atomic mass is 35.5. The summed E-state index contributed by atoms with van der Waals surface area (Å²) >= 11 is 7.35. The van der Waals surface area contributed by atoms with Crippen LogP contribution in [0.1, 0.15) is 12.7 Å². The fourth-order valence-electron chi connectivity index (χ4n) is 2.03. The molecule has 3 aromatic rings. The van der Waals surface area contributed by atoms with E-state index >= 15 is 0 Å². The predicted molar refractivity (Wildman–Crippen MR) is 80.1 cm³/mol. The number of imidazole rings is 1. The van der Waals surface area contributed by atoms with E-state index < -0.39 is 10.0 Å². The molecular formula is C12H12ClN3O3S2. The summed E-state index contributed by atoms with van der Waals surface area (Å²) in [5.74, 6) is 0.572. The van der Waals surface area contributed by atoms with Crippen LogP contribution in [0.2, 0.25) is 5.15 Å². The van der Waals surface area contributed by atoms with E-state index in [1.54, 1.807) is 30.6 Å². The minimum Gasteiger partial charge on any atom is -0.468 e. The highest BCUT2D eigenvalue weighted by Gasteiger charge is 2.31. The van der Waals surface area contributed by atoms with E-state index in [2.05, 4.69) is 4.98 Å². The van der Waals surface area contributed by atoms with Gasteiger partial charge in [0.15, 0.2) is 15.1 Å². The van der Waals surface area contributed by atoms with Crippen molar-refractivity contribution in [2.24, 2.45) is 0 Å². The van der Waals surface area contributed by atoms with Crippen LogP contribution < -0.4 is 0 Å². The minimum absolute atomic E-state index is 0.00572. The fraction of sp³-hybridized carbons (Fsp3) is 0.250. The first-order valence-electron chi connectivity index (χ1n) is 6.17. The SMILES string of the molecule is CCN(Cc1ccco1)S(=O)(=O)c1c(Cl)nc2sccn12. The molecule has 0 aliphatic carbocycles. The van der Waals surface area contributed by atoms with Gasteiger partial charge in [-0.1, -0.05) is 18.5 Å². The lowest BCUT2D eigenvalue weighted by atomic mass is 10.4. The second-order valence-electron chi connectivity index (χ2n) is 4.27. The first-order valence-corrected chi connectivity index (χ1v) is 8.87. The summed E-state index contributed by atoms with van der Waals surface area (Å²) in [6.45, 7) is 2.22. The first-order chi connectivity index (χ1) is 10.0. The van der Waals surface area contributed by atoms with Crippen LogP contribution >= 0.6 is 22.9 Å². The van der Waals surface area contributed by atoms with E-state index in [9.17, 15) is 8.42 Å². The maximum absolute atomic E-state index is 12.8. The molecule has 6 nitrogen and oxygen atoms in total. The van der Waals surface area contributed by atoms with Gasteiger partial charge in [-0.25, -0.2) is 13.4 Å². The average Bonchev–Trinajstić information content (AvgIpc) is 3.11. The molecule has 3 heterocycles. The van der Waals surface area contributed by atoms with E-state index in [1.807, 2.05) is 0 Å². The lowest BCUT2D eigenvalue weighted by molar-refractivity contribution is 0.374. The quantitative estimate of drug-likeness (QED) is 0.713. The molecular weight excluding hydrogens is 334 g/mol. The highest BCUT2D eigenvalue weighted by Crippen LogP contribution is 2.28. The number of rotatable bonds is 5. The molecule has 0 aromatic carbocycles. The maximum Gasteiger partial charge on any atom is 0.262 e. The van der Waals surface area contributed by atoms with Gasteiger partial charge >= 0.3 is 0 Å². The Hall–Kier alpha value is -1.35. The molecule has 21 heavy (non-hydrogen) atoms. The lowest BCUT2D eigenvalue weighted by Gasteiger charge is -2.18. The molecule has 0 amide bonds. The van der Waals surface area contributed by atoms with Gasteiger partial charge in [0.1, 0.15) is 5.76 Å². The predicted octanol–water partition coefficient (Wildman–Crippen LogP) is 2.85. The van der Waals surface area contributed by atoms with Crippen LogP contribution in [0.5, 0.6) is 0 Å². The molecule has 0 spiro atoms. The zero-order valence-corrected chi connectivity index (χ0v) is 13.5. The largest absolute Gasteiger partial charge is 0.468 e. The van der Waals surface area contributed by atoms with Crippen LogP contribution in [0.25, 0.3) is 4.96 Å². The van der Waals surface area contributed by atoms with Crippen LogP contribution in [-0.2, 0) is 16.6 Å². The van der Waals surface area contributed by atoms with Crippen LogP contribution in [-0.4, -0.2) is 28.7 Å². The van der Waals surface area contributed by atoms with Gasteiger partial charge in [0.25, 0.3) is 10.0 Å². The standard InChI is InChI=1S/C12H12ClN3O3S2/c1-2-15(8-9-4-3-6-19-9)21(17,18)11-10(13)14-12-16(11)5-7-20-12/h3-7H,2,8H2,1H3. The van der Waals surface area contributed by atoms with Crippen molar-refractivity contribution in [3.63, 3.8) is 0 Å². The monoisotopic (exact) mass is 345 g/mol. The number of aromatic nitrogens is 2. The van der Waals surface area contributed by atoms with Gasteiger partial charge in [-0.15, -0.1) is 11.3 Å². The summed E-state index contributed by atoms with van der Waals surface area (Å²) in [5, 5.41) is 1.74. The van der Waals surface area contributed by atoms with E-state index in [0.717, 1.165) is 0 Å². The number of sulfonamides is 1. The third kappa shape index (κ3) is 2.48. The fourth-order valence-corrected chi connectivity index (χ4v) is 4.86. The lowest BCUT2D eigenvalue weighted by Crippen LogP contribution is -2.31. The summed E-state index contributed by atoms with van der Waals surface area (Å²) in [6, 6.07) is 3.45. The van der Waals surface area contributed by atoms with Gasteiger partial charge in [-0.05, 0) is 12.1 Å².